The molecule has 0 bridgehead atoms. The summed E-state index contributed by atoms with van der Waals surface area (Å²) in [5.41, 5.74) is 0.817. The fourth-order valence-electron chi connectivity index (χ4n) is 1.20. The first-order valence-electron chi connectivity index (χ1n) is 5.29. The van der Waals surface area contributed by atoms with E-state index in [1.165, 1.54) is 6.07 Å². The molecular weight excluding hydrogens is 286 g/mol. The SMILES string of the molecule is Cc1ccc(OCC(C)(C)CBr)c([N+](=O)[O-])c1. The summed E-state index contributed by atoms with van der Waals surface area (Å²) in [5, 5.41) is 11.7. The van der Waals surface area contributed by atoms with Crippen molar-refractivity contribution in [2.45, 2.75) is 20.8 Å². The van der Waals surface area contributed by atoms with E-state index in [0.29, 0.717) is 12.4 Å². The molecule has 0 fully saturated rings. The van der Waals surface area contributed by atoms with Gasteiger partial charge in [-0.1, -0.05) is 35.8 Å². The Bertz CT molecular complexity index is 418. The highest BCUT2D eigenvalue weighted by Crippen LogP contribution is 2.29. The van der Waals surface area contributed by atoms with Gasteiger partial charge in [-0.3, -0.25) is 10.1 Å². The maximum atomic E-state index is 10.9. The number of halogens is 1. The predicted molar refractivity (Wildman–Crippen MR) is 70.9 cm³/mol. The second-order valence-corrected chi connectivity index (χ2v) is 5.38. The Balaban J connectivity index is 2.88. The van der Waals surface area contributed by atoms with Gasteiger partial charge in [0.2, 0.25) is 0 Å². The summed E-state index contributed by atoms with van der Waals surface area (Å²) in [6.07, 6.45) is 0. The monoisotopic (exact) mass is 301 g/mol. The van der Waals surface area contributed by atoms with E-state index in [1.54, 1.807) is 6.07 Å². The van der Waals surface area contributed by atoms with E-state index in [0.717, 1.165) is 10.9 Å². The third-order valence-corrected chi connectivity index (χ3v) is 3.81. The van der Waals surface area contributed by atoms with Crippen LogP contribution in [-0.4, -0.2) is 16.9 Å². The van der Waals surface area contributed by atoms with Gasteiger partial charge < -0.3 is 4.74 Å². The van der Waals surface area contributed by atoms with Gasteiger partial charge in [0.15, 0.2) is 5.75 Å². The number of alkyl halides is 1. The van der Waals surface area contributed by atoms with Crippen LogP contribution in [-0.2, 0) is 0 Å². The minimum Gasteiger partial charge on any atom is -0.486 e. The number of rotatable bonds is 5. The summed E-state index contributed by atoms with van der Waals surface area (Å²) in [6, 6.07) is 4.98. The van der Waals surface area contributed by atoms with Crippen LogP contribution in [0, 0.1) is 22.5 Å². The summed E-state index contributed by atoms with van der Waals surface area (Å²) < 4.78 is 5.54. The molecule has 0 aliphatic carbocycles. The highest BCUT2D eigenvalue weighted by Gasteiger charge is 2.21. The minimum atomic E-state index is -0.413. The molecule has 0 aromatic heterocycles. The molecular formula is C12H16BrNO3. The average molecular weight is 302 g/mol. The van der Waals surface area contributed by atoms with Crippen LogP contribution in [0.5, 0.6) is 5.75 Å². The molecule has 1 rings (SSSR count). The smallest absolute Gasteiger partial charge is 0.311 e. The van der Waals surface area contributed by atoms with E-state index < -0.39 is 4.92 Å². The number of nitro groups is 1. The maximum Gasteiger partial charge on any atom is 0.311 e. The van der Waals surface area contributed by atoms with Gasteiger partial charge in [-0.15, -0.1) is 0 Å². The average Bonchev–Trinajstić information content (AvgIpc) is 2.27. The molecule has 4 nitrogen and oxygen atoms in total. The zero-order valence-corrected chi connectivity index (χ0v) is 11.8. The van der Waals surface area contributed by atoms with Crippen molar-refractivity contribution in [2.75, 3.05) is 11.9 Å². The summed E-state index contributed by atoms with van der Waals surface area (Å²) in [5.74, 6) is 0.328. The van der Waals surface area contributed by atoms with Gasteiger partial charge in [0.05, 0.1) is 11.5 Å². The number of hydrogen-bond donors (Lipinski definition) is 0. The number of hydrogen-bond acceptors (Lipinski definition) is 3. The topological polar surface area (TPSA) is 52.4 Å². The molecule has 0 saturated carbocycles. The van der Waals surface area contributed by atoms with E-state index in [2.05, 4.69) is 15.9 Å². The van der Waals surface area contributed by atoms with Crippen LogP contribution in [0.15, 0.2) is 18.2 Å². The van der Waals surface area contributed by atoms with Gasteiger partial charge in [-0.2, -0.15) is 0 Å². The zero-order chi connectivity index (χ0) is 13.1. The normalized spacial score (nSPS) is 11.3. The Hall–Kier alpha value is -1.10. The van der Waals surface area contributed by atoms with E-state index in [4.69, 9.17) is 4.74 Å². The number of nitro benzene ring substituents is 1. The minimum absolute atomic E-state index is 0.0235. The first-order valence-corrected chi connectivity index (χ1v) is 6.42. The second-order valence-electron chi connectivity index (χ2n) is 4.81. The van der Waals surface area contributed by atoms with Crippen molar-refractivity contribution in [3.8, 4) is 5.75 Å². The highest BCUT2D eigenvalue weighted by molar-refractivity contribution is 9.09. The van der Waals surface area contributed by atoms with Crippen molar-refractivity contribution in [3.05, 3.63) is 33.9 Å². The Morgan fingerprint density at radius 2 is 2.12 bits per heavy atom. The molecule has 94 valence electrons. The molecule has 17 heavy (non-hydrogen) atoms. The van der Waals surface area contributed by atoms with Crippen LogP contribution in [0.1, 0.15) is 19.4 Å². The molecule has 0 spiro atoms. The van der Waals surface area contributed by atoms with Gasteiger partial charge in [0.25, 0.3) is 0 Å². The van der Waals surface area contributed by atoms with Crippen molar-refractivity contribution in [2.24, 2.45) is 5.41 Å². The van der Waals surface area contributed by atoms with E-state index in [-0.39, 0.29) is 11.1 Å². The van der Waals surface area contributed by atoms with Gasteiger partial charge in [-0.25, -0.2) is 0 Å². The molecule has 5 heteroatoms. The number of nitrogens with zero attached hydrogens (tertiary/aromatic N) is 1. The zero-order valence-electron chi connectivity index (χ0n) is 10.2. The highest BCUT2D eigenvalue weighted by atomic mass is 79.9. The second kappa shape index (κ2) is 5.49. The van der Waals surface area contributed by atoms with E-state index in [1.807, 2.05) is 26.8 Å². The summed E-state index contributed by atoms with van der Waals surface area (Å²) in [4.78, 5) is 10.5. The number of benzene rings is 1. The van der Waals surface area contributed by atoms with Crippen LogP contribution in [0.25, 0.3) is 0 Å². The first kappa shape index (κ1) is 14.0. The van der Waals surface area contributed by atoms with Crippen molar-refractivity contribution in [3.63, 3.8) is 0 Å². The fraction of sp³-hybridized carbons (Fsp3) is 0.500. The van der Waals surface area contributed by atoms with Crippen LogP contribution in [0.3, 0.4) is 0 Å². The van der Waals surface area contributed by atoms with Crippen LogP contribution < -0.4 is 4.74 Å². The molecule has 0 heterocycles. The van der Waals surface area contributed by atoms with Gasteiger partial charge in [-0.05, 0) is 18.6 Å². The predicted octanol–water partition coefficient (Wildman–Crippen LogP) is 3.70. The van der Waals surface area contributed by atoms with Gasteiger partial charge in [0.1, 0.15) is 0 Å². The fourth-order valence-corrected chi connectivity index (χ4v) is 1.37. The largest absolute Gasteiger partial charge is 0.486 e. The first-order chi connectivity index (χ1) is 7.85. The van der Waals surface area contributed by atoms with Crippen LogP contribution in [0.4, 0.5) is 5.69 Å². The van der Waals surface area contributed by atoms with Crippen molar-refractivity contribution in [1.29, 1.82) is 0 Å². The van der Waals surface area contributed by atoms with E-state index in [9.17, 15) is 10.1 Å². The lowest BCUT2D eigenvalue weighted by Crippen LogP contribution is -2.23. The molecule has 0 radical (unpaired) electrons. The van der Waals surface area contributed by atoms with Crippen molar-refractivity contribution < 1.29 is 9.66 Å². The Morgan fingerprint density at radius 3 is 2.65 bits per heavy atom. The quantitative estimate of drug-likeness (QED) is 0.473. The third kappa shape index (κ3) is 4.00. The van der Waals surface area contributed by atoms with Crippen molar-refractivity contribution in [1.82, 2.24) is 0 Å². The van der Waals surface area contributed by atoms with Gasteiger partial charge >= 0.3 is 5.69 Å². The molecule has 0 amide bonds. The van der Waals surface area contributed by atoms with Crippen molar-refractivity contribution >= 4 is 21.6 Å². The van der Waals surface area contributed by atoms with E-state index >= 15 is 0 Å². The number of ether oxygens (including phenoxy) is 1. The standard InChI is InChI=1S/C12H16BrNO3/c1-9-4-5-11(10(6-9)14(15)16)17-8-12(2,3)7-13/h4-6H,7-8H2,1-3H3. The molecule has 0 saturated heterocycles. The third-order valence-electron chi connectivity index (χ3n) is 2.29. The summed E-state index contributed by atoms with van der Waals surface area (Å²) in [6.45, 7) is 6.31. The van der Waals surface area contributed by atoms with Crippen LogP contribution in [0.2, 0.25) is 0 Å². The lowest BCUT2D eigenvalue weighted by Gasteiger charge is -2.21. The molecule has 0 unspecified atom stereocenters. The molecule has 0 aliphatic rings. The maximum absolute atomic E-state index is 10.9. The summed E-state index contributed by atoms with van der Waals surface area (Å²) >= 11 is 3.39. The molecule has 1 aromatic rings. The molecule has 0 aliphatic heterocycles. The molecule has 1 aromatic carbocycles. The Kier molecular flexibility index (Phi) is 4.51. The number of aryl methyl sites for hydroxylation is 1. The summed E-state index contributed by atoms with van der Waals surface area (Å²) in [7, 11) is 0. The Morgan fingerprint density at radius 1 is 1.47 bits per heavy atom. The Labute approximate surface area is 109 Å². The molecule has 0 atom stereocenters. The van der Waals surface area contributed by atoms with Gasteiger partial charge in [0, 0.05) is 16.8 Å². The molecule has 0 N–H and O–H groups in total. The van der Waals surface area contributed by atoms with Crippen LogP contribution >= 0.6 is 15.9 Å². The lowest BCUT2D eigenvalue weighted by atomic mass is 9.98. The lowest BCUT2D eigenvalue weighted by molar-refractivity contribution is -0.386.